The van der Waals surface area contributed by atoms with Crippen LogP contribution in [0.5, 0.6) is 0 Å². The number of benzene rings is 2. The first-order chi connectivity index (χ1) is 14.3. The maximum atomic E-state index is 14.0. The molecule has 3 rings (SSSR count). The molecule has 2 amide bonds. The normalized spacial score (nSPS) is 10.8. The number of carbonyl (C=O) groups excluding carboxylic acids is 2. The highest BCUT2D eigenvalue weighted by Crippen LogP contribution is 2.21. The van der Waals surface area contributed by atoms with Crippen LogP contribution < -0.4 is 10.9 Å². The molecule has 0 aliphatic rings. The van der Waals surface area contributed by atoms with E-state index < -0.39 is 17.3 Å². The Bertz CT molecular complexity index is 1170. The van der Waals surface area contributed by atoms with Gasteiger partial charge in [0.15, 0.2) is 0 Å². The van der Waals surface area contributed by atoms with Gasteiger partial charge in [0.2, 0.25) is 5.91 Å². The van der Waals surface area contributed by atoms with Crippen molar-refractivity contribution in [2.75, 3.05) is 18.4 Å². The lowest BCUT2D eigenvalue weighted by atomic mass is 10.1. The summed E-state index contributed by atoms with van der Waals surface area (Å²) in [5.41, 5.74) is 0.311. The van der Waals surface area contributed by atoms with Gasteiger partial charge in [-0.2, -0.15) is 0 Å². The summed E-state index contributed by atoms with van der Waals surface area (Å²) in [5, 5.41) is 3.06. The van der Waals surface area contributed by atoms with Crippen LogP contribution >= 0.6 is 15.9 Å². The zero-order chi connectivity index (χ0) is 21.8. The molecule has 3 aromatic rings. The molecule has 0 spiro atoms. The molecular formula is C22H21BrFN3O3. The Hall–Kier alpha value is -3.00. The van der Waals surface area contributed by atoms with Crippen molar-refractivity contribution >= 4 is 44.3 Å². The third-order valence-electron chi connectivity index (χ3n) is 4.81. The smallest absolute Gasteiger partial charge is 0.254 e. The second kappa shape index (κ2) is 9.21. The molecule has 0 atom stereocenters. The third kappa shape index (κ3) is 4.43. The summed E-state index contributed by atoms with van der Waals surface area (Å²) in [4.78, 5) is 39.8. The molecule has 0 bridgehead atoms. The molecule has 1 heterocycles. The number of hydrogen-bond donors (Lipinski definition) is 1. The van der Waals surface area contributed by atoms with Crippen molar-refractivity contribution in [2.24, 2.45) is 0 Å². The lowest BCUT2D eigenvalue weighted by molar-refractivity contribution is -0.116. The maximum Gasteiger partial charge on any atom is 0.254 e. The molecule has 0 radical (unpaired) electrons. The highest BCUT2D eigenvalue weighted by atomic mass is 79.9. The van der Waals surface area contributed by atoms with Gasteiger partial charge in [-0.1, -0.05) is 34.1 Å². The van der Waals surface area contributed by atoms with Gasteiger partial charge in [-0.25, -0.2) is 4.39 Å². The van der Waals surface area contributed by atoms with E-state index in [0.717, 1.165) is 0 Å². The third-order valence-corrected chi connectivity index (χ3v) is 5.30. The number of pyridine rings is 1. The van der Waals surface area contributed by atoms with Crippen molar-refractivity contribution in [1.82, 2.24) is 9.47 Å². The highest BCUT2D eigenvalue weighted by Gasteiger charge is 2.19. The van der Waals surface area contributed by atoms with Crippen LogP contribution in [0, 0.1) is 5.82 Å². The lowest BCUT2D eigenvalue weighted by Crippen LogP contribution is -2.33. The minimum Gasteiger partial charge on any atom is -0.339 e. The fraction of sp³-hybridized carbons (Fsp3) is 0.227. The standard InChI is InChI=1S/C22H21BrFN3O3/c1-3-26(4-2)22(30)16-12-21(29)27(19-8-6-5-7-15(16)19)13-20(28)25-18-10-9-14(23)11-17(18)24/h5-12H,3-4,13H2,1-2H3,(H,25,28). The summed E-state index contributed by atoms with van der Waals surface area (Å²) < 4.78 is 15.8. The van der Waals surface area contributed by atoms with Crippen LogP contribution in [0.4, 0.5) is 10.1 Å². The molecule has 8 heteroatoms. The van der Waals surface area contributed by atoms with E-state index in [2.05, 4.69) is 21.2 Å². The lowest BCUT2D eigenvalue weighted by Gasteiger charge is -2.20. The van der Waals surface area contributed by atoms with E-state index in [1.54, 1.807) is 35.2 Å². The van der Waals surface area contributed by atoms with Gasteiger partial charge in [0.05, 0.1) is 16.8 Å². The first-order valence-corrected chi connectivity index (χ1v) is 10.3. The van der Waals surface area contributed by atoms with Gasteiger partial charge in [0.1, 0.15) is 12.4 Å². The van der Waals surface area contributed by atoms with Crippen molar-refractivity contribution in [2.45, 2.75) is 20.4 Å². The van der Waals surface area contributed by atoms with Gasteiger partial charge in [-0.3, -0.25) is 19.0 Å². The molecule has 0 saturated heterocycles. The number of rotatable bonds is 6. The van der Waals surface area contributed by atoms with E-state index >= 15 is 0 Å². The summed E-state index contributed by atoms with van der Waals surface area (Å²) in [6, 6.07) is 12.5. The van der Waals surface area contributed by atoms with E-state index in [1.165, 1.54) is 22.8 Å². The summed E-state index contributed by atoms with van der Waals surface area (Å²) in [7, 11) is 0. The molecule has 0 unspecified atom stereocenters. The number of hydrogen-bond acceptors (Lipinski definition) is 3. The van der Waals surface area contributed by atoms with Gasteiger partial charge in [-0.05, 0) is 38.1 Å². The maximum absolute atomic E-state index is 14.0. The number of carbonyl (C=O) groups is 2. The molecule has 2 aromatic carbocycles. The van der Waals surface area contributed by atoms with Crippen molar-refractivity contribution in [1.29, 1.82) is 0 Å². The molecule has 30 heavy (non-hydrogen) atoms. The molecule has 0 saturated carbocycles. The second-order valence-corrected chi connectivity index (χ2v) is 7.57. The molecule has 1 aromatic heterocycles. The number of nitrogens with zero attached hydrogens (tertiary/aromatic N) is 2. The minimum atomic E-state index is -0.588. The minimum absolute atomic E-state index is 0.0221. The predicted molar refractivity (Wildman–Crippen MR) is 118 cm³/mol. The number of fused-ring (bicyclic) bond motifs is 1. The average molecular weight is 474 g/mol. The number of anilines is 1. The van der Waals surface area contributed by atoms with E-state index in [1.807, 2.05) is 13.8 Å². The molecular weight excluding hydrogens is 453 g/mol. The van der Waals surface area contributed by atoms with E-state index in [0.29, 0.717) is 34.0 Å². The Morgan fingerprint density at radius 3 is 2.47 bits per heavy atom. The number of halogens is 2. The Labute approximate surface area is 181 Å². The van der Waals surface area contributed by atoms with E-state index in [4.69, 9.17) is 0 Å². The predicted octanol–water partition coefficient (Wildman–Crippen LogP) is 4.02. The van der Waals surface area contributed by atoms with Crippen molar-refractivity contribution in [3.05, 3.63) is 74.7 Å². The summed E-state index contributed by atoms with van der Waals surface area (Å²) >= 11 is 3.16. The molecule has 0 fully saturated rings. The molecule has 156 valence electrons. The van der Waals surface area contributed by atoms with Gasteiger partial charge < -0.3 is 10.2 Å². The fourth-order valence-electron chi connectivity index (χ4n) is 3.28. The quantitative estimate of drug-likeness (QED) is 0.587. The number of para-hydroxylation sites is 1. The van der Waals surface area contributed by atoms with Crippen LogP contribution in [0.2, 0.25) is 0 Å². The highest BCUT2D eigenvalue weighted by molar-refractivity contribution is 9.10. The van der Waals surface area contributed by atoms with Gasteiger partial charge >= 0.3 is 0 Å². The number of amides is 2. The van der Waals surface area contributed by atoms with Crippen LogP contribution in [0.3, 0.4) is 0 Å². The zero-order valence-corrected chi connectivity index (χ0v) is 18.2. The van der Waals surface area contributed by atoms with Crippen molar-refractivity contribution in [3.63, 3.8) is 0 Å². The Balaban J connectivity index is 1.98. The average Bonchev–Trinajstić information content (AvgIpc) is 2.72. The van der Waals surface area contributed by atoms with Crippen LogP contribution in [0.1, 0.15) is 24.2 Å². The van der Waals surface area contributed by atoms with Gasteiger partial charge in [0.25, 0.3) is 11.5 Å². The molecule has 1 N–H and O–H groups in total. The first-order valence-electron chi connectivity index (χ1n) is 9.52. The van der Waals surface area contributed by atoms with Crippen LogP contribution in [0.25, 0.3) is 10.9 Å². The molecule has 6 nitrogen and oxygen atoms in total. The van der Waals surface area contributed by atoms with Gasteiger partial charge in [0, 0.05) is 29.0 Å². The topological polar surface area (TPSA) is 71.4 Å². The molecule has 0 aliphatic heterocycles. The van der Waals surface area contributed by atoms with Crippen molar-refractivity contribution in [3.8, 4) is 0 Å². The zero-order valence-electron chi connectivity index (χ0n) is 16.6. The molecule has 0 aliphatic carbocycles. The Morgan fingerprint density at radius 1 is 1.10 bits per heavy atom. The fourth-order valence-corrected chi connectivity index (χ4v) is 3.61. The largest absolute Gasteiger partial charge is 0.339 e. The van der Waals surface area contributed by atoms with Crippen LogP contribution in [-0.4, -0.2) is 34.4 Å². The second-order valence-electron chi connectivity index (χ2n) is 6.65. The monoisotopic (exact) mass is 473 g/mol. The Morgan fingerprint density at radius 2 is 1.80 bits per heavy atom. The number of nitrogens with one attached hydrogen (secondary N) is 1. The Kier molecular flexibility index (Phi) is 6.66. The van der Waals surface area contributed by atoms with E-state index in [-0.39, 0.29) is 18.1 Å². The summed E-state index contributed by atoms with van der Waals surface area (Å²) in [6.45, 7) is 4.48. The van der Waals surface area contributed by atoms with Crippen LogP contribution in [0.15, 0.2) is 57.8 Å². The van der Waals surface area contributed by atoms with Crippen LogP contribution in [-0.2, 0) is 11.3 Å². The number of aromatic nitrogens is 1. The first kappa shape index (κ1) is 21.7. The van der Waals surface area contributed by atoms with E-state index in [9.17, 15) is 18.8 Å². The SMILES string of the molecule is CCN(CC)C(=O)c1cc(=O)n(CC(=O)Nc2ccc(Br)cc2F)c2ccccc12. The van der Waals surface area contributed by atoms with Crippen molar-refractivity contribution < 1.29 is 14.0 Å². The summed E-state index contributed by atoms with van der Waals surface area (Å²) in [6.07, 6.45) is 0. The summed E-state index contributed by atoms with van der Waals surface area (Å²) in [5.74, 6) is -1.37. The van der Waals surface area contributed by atoms with Gasteiger partial charge in [-0.15, -0.1) is 0 Å².